The number of amides is 4. The zero-order chi connectivity index (χ0) is 23.2. The lowest BCUT2D eigenvalue weighted by molar-refractivity contribution is 0.0535. The van der Waals surface area contributed by atoms with Gasteiger partial charge in [0, 0.05) is 48.7 Å². The molecule has 0 saturated carbocycles. The topological polar surface area (TPSA) is 81.8 Å². The highest BCUT2D eigenvalue weighted by atomic mass is 19.1. The van der Waals surface area contributed by atoms with Crippen molar-refractivity contribution in [3.63, 3.8) is 0 Å². The van der Waals surface area contributed by atoms with E-state index in [2.05, 4.69) is 10.6 Å². The molecular formula is C25H23FN4O3. The van der Waals surface area contributed by atoms with Gasteiger partial charge in [0.25, 0.3) is 11.8 Å². The lowest BCUT2D eigenvalue weighted by Gasteiger charge is -2.35. The van der Waals surface area contributed by atoms with Gasteiger partial charge in [0.1, 0.15) is 5.82 Å². The summed E-state index contributed by atoms with van der Waals surface area (Å²) in [5, 5.41) is 5.46. The Balaban J connectivity index is 1.29. The summed E-state index contributed by atoms with van der Waals surface area (Å²) in [5.41, 5.74) is 2.17. The van der Waals surface area contributed by atoms with E-state index < -0.39 is 0 Å². The molecule has 0 unspecified atom stereocenters. The molecule has 0 aromatic heterocycles. The third-order valence-electron chi connectivity index (χ3n) is 5.37. The summed E-state index contributed by atoms with van der Waals surface area (Å²) < 4.78 is 13.1. The van der Waals surface area contributed by atoms with Crippen molar-refractivity contribution in [2.45, 2.75) is 0 Å². The summed E-state index contributed by atoms with van der Waals surface area (Å²) in [5.74, 6) is -0.699. The third kappa shape index (κ3) is 5.54. The standard InChI is InChI=1S/C25H23FN4O3/c26-20-10-6-18(7-11-20)23(31)29-14-16-30(17-15-29)24(32)19-8-12-22(13-9-19)28-25(33)27-21-4-2-1-3-5-21/h1-13H,14-17H2,(H2,27,28,33). The van der Waals surface area contributed by atoms with Crippen molar-refractivity contribution < 1.29 is 18.8 Å². The summed E-state index contributed by atoms with van der Waals surface area (Å²) in [6.07, 6.45) is 0. The molecule has 1 saturated heterocycles. The molecule has 0 aliphatic carbocycles. The smallest absolute Gasteiger partial charge is 0.323 e. The number of anilines is 2. The largest absolute Gasteiger partial charge is 0.335 e. The van der Waals surface area contributed by atoms with Crippen molar-refractivity contribution in [2.24, 2.45) is 0 Å². The second-order valence-corrected chi connectivity index (χ2v) is 7.61. The molecule has 0 atom stereocenters. The Morgan fingerprint density at radius 1 is 0.606 bits per heavy atom. The van der Waals surface area contributed by atoms with Crippen molar-refractivity contribution in [2.75, 3.05) is 36.8 Å². The van der Waals surface area contributed by atoms with E-state index in [-0.39, 0.29) is 23.7 Å². The van der Waals surface area contributed by atoms with E-state index in [1.165, 1.54) is 24.3 Å². The third-order valence-corrected chi connectivity index (χ3v) is 5.37. The zero-order valence-corrected chi connectivity index (χ0v) is 17.8. The first-order chi connectivity index (χ1) is 16.0. The van der Waals surface area contributed by atoms with Crippen LogP contribution in [-0.4, -0.2) is 53.8 Å². The van der Waals surface area contributed by atoms with Crippen LogP contribution in [0.3, 0.4) is 0 Å². The summed E-state index contributed by atoms with van der Waals surface area (Å²) in [6.45, 7) is 1.62. The van der Waals surface area contributed by atoms with Crippen LogP contribution in [0.15, 0.2) is 78.9 Å². The highest BCUT2D eigenvalue weighted by molar-refractivity contribution is 6.00. The Morgan fingerprint density at radius 2 is 1.03 bits per heavy atom. The highest BCUT2D eigenvalue weighted by Crippen LogP contribution is 2.15. The van der Waals surface area contributed by atoms with Crippen LogP contribution in [0.25, 0.3) is 0 Å². The zero-order valence-electron chi connectivity index (χ0n) is 17.8. The minimum absolute atomic E-state index is 0.135. The Bertz CT molecular complexity index is 1130. The predicted molar refractivity (Wildman–Crippen MR) is 124 cm³/mol. The van der Waals surface area contributed by atoms with Crippen LogP contribution in [0.4, 0.5) is 20.6 Å². The fourth-order valence-corrected chi connectivity index (χ4v) is 3.58. The monoisotopic (exact) mass is 446 g/mol. The molecule has 1 aliphatic rings. The second kappa shape index (κ2) is 9.95. The maximum absolute atomic E-state index is 13.1. The minimum Gasteiger partial charge on any atom is -0.335 e. The molecule has 33 heavy (non-hydrogen) atoms. The lowest BCUT2D eigenvalue weighted by atomic mass is 10.1. The number of nitrogens with one attached hydrogen (secondary N) is 2. The van der Waals surface area contributed by atoms with Gasteiger partial charge in [-0.2, -0.15) is 0 Å². The van der Waals surface area contributed by atoms with Crippen LogP contribution in [0.1, 0.15) is 20.7 Å². The van der Waals surface area contributed by atoms with Crippen LogP contribution >= 0.6 is 0 Å². The number of hydrogen-bond acceptors (Lipinski definition) is 3. The van der Waals surface area contributed by atoms with Gasteiger partial charge < -0.3 is 20.4 Å². The fraction of sp³-hybridized carbons (Fsp3) is 0.160. The first kappa shape index (κ1) is 22.0. The molecule has 168 valence electrons. The number of carbonyl (C=O) groups excluding carboxylic acids is 3. The van der Waals surface area contributed by atoms with Crippen molar-refractivity contribution in [1.29, 1.82) is 0 Å². The number of urea groups is 1. The molecule has 0 spiro atoms. The predicted octanol–water partition coefficient (Wildman–Crippen LogP) is 4.07. The van der Waals surface area contributed by atoms with Gasteiger partial charge in [-0.1, -0.05) is 18.2 Å². The second-order valence-electron chi connectivity index (χ2n) is 7.61. The number of hydrogen-bond donors (Lipinski definition) is 2. The Labute approximate surface area is 190 Å². The van der Waals surface area contributed by atoms with E-state index in [0.717, 1.165) is 0 Å². The molecular weight excluding hydrogens is 423 g/mol. The average molecular weight is 446 g/mol. The number of para-hydroxylation sites is 1. The van der Waals surface area contributed by atoms with E-state index in [9.17, 15) is 18.8 Å². The van der Waals surface area contributed by atoms with Crippen molar-refractivity contribution in [1.82, 2.24) is 9.80 Å². The van der Waals surface area contributed by atoms with E-state index in [1.54, 1.807) is 46.2 Å². The molecule has 0 radical (unpaired) electrons. The molecule has 3 aromatic carbocycles. The van der Waals surface area contributed by atoms with Gasteiger partial charge in [-0.05, 0) is 60.7 Å². The number of benzene rings is 3. The first-order valence-corrected chi connectivity index (χ1v) is 10.6. The van der Waals surface area contributed by atoms with E-state index in [1.807, 2.05) is 18.2 Å². The average Bonchev–Trinajstić information content (AvgIpc) is 2.85. The molecule has 8 heteroatoms. The number of rotatable bonds is 4. The van der Waals surface area contributed by atoms with Gasteiger partial charge in [0.05, 0.1) is 0 Å². The van der Waals surface area contributed by atoms with Crippen LogP contribution in [-0.2, 0) is 0 Å². The van der Waals surface area contributed by atoms with Gasteiger partial charge in [-0.15, -0.1) is 0 Å². The molecule has 4 rings (SSSR count). The van der Waals surface area contributed by atoms with Crippen LogP contribution in [0.2, 0.25) is 0 Å². The molecule has 1 heterocycles. The van der Waals surface area contributed by atoms with Gasteiger partial charge in [-0.25, -0.2) is 9.18 Å². The van der Waals surface area contributed by atoms with Gasteiger partial charge in [-0.3, -0.25) is 9.59 Å². The first-order valence-electron chi connectivity index (χ1n) is 10.6. The van der Waals surface area contributed by atoms with Crippen molar-refractivity contribution >= 4 is 29.2 Å². The van der Waals surface area contributed by atoms with Crippen molar-refractivity contribution in [3.8, 4) is 0 Å². The van der Waals surface area contributed by atoms with E-state index in [0.29, 0.717) is 48.7 Å². The van der Waals surface area contributed by atoms with Gasteiger partial charge >= 0.3 is 6.03 Å². The van der Waals surface area contributed by atoms with E-state index >= 15 is 0 Å². The maximum atomic E-state index is 13.1. The molecule has 1 aliphatic heterocycles. The van der Waals surface area contributed by atoms with Gasteiger partial charge in [0.15, 0.2) is 0 Å². The number of nitrogens with zero attached hydrogens (tertiary/aromatic N) is 2. The minimum atomic E-state index is -0.389. The summed E-state index contributed by atoms with van der Waals surface area (Å²) >= 11 is 0. The van der Waals surface area contributed by atoms with Crippen LogP contribution < -0.4 is 10.6 Å². The maximum Gasteiger partial charge on any atom is 0.323 e. The van der Waals surface area contributed by atoms with Crippen LogP contribution in [0.5, 0.6) is 0 Å². The Hall–Kier alpha value is -4.20. The SMILES string of the molecule is O=C(Nc1ccccc1)Nc1ccc(C(=O)N2CCN(C(=O)c3ccc(F)cc3)CC2)cc1. The summed E-state index contributed by atoms with van der Waals surface area (Å²) in [4.78, 5) is 40.9. The highest BCUT2D eigenvalue weighted by Gasteiger charge is 2.25. The lowest BCUT2D eigenvalue weighted by Crippen LogP contribution is -2.50. The quantitative estimate of drug-likeness (QED) is 0.634. The van der Waals surface area contributed by atoms with Gasteiger partial charge in [0.2, 0.25) is 0 Å². The van der Waals surface area contributed by atoms with Crippen molar-refractivity contribution in [3.05, 3.63) is 95.8 Å². The molecule has 4 amide bonds. The van der Waals surface area contributed by atoms with E-state index in [4.69, 9.17) is 0 Å². The number of carbonyl (C=O) groups is 3. The molecule has 3 aromatic rings. The Morgan fingerprint density at radius 3 is 1.52 bits per heavy atom. The fourth-order valence-electron chi connectivity index (χ4n) is 3.58. The number of piperazine rings is 1. The number of halogens is 1. The molecule has 2 N–H and O–H groups in total. The van der Waals surface area contributed by atoms with Crippen LogP contribution in [0, 0.1) is 5.82 Å². The normalized spacial score (nSPS) is 13.4. The molecule has 1 fully saturated rings. The molecule has 7 nitrogen and oxygen atoms in total. The molecule has 0 bridgehead atoms. The Kier molecular flexibility index (Phi) is 6.64. The summed E-state index contributed by atoms with van der Waals surface area (Å²) in [6, 6.07) is 20.8. The summed E-state index contributed by atoms with van der Waals surface area (Å²) in [7, 11) is 0.